The van der Waals surface area contributed by atoms with Crippen LogP contribution in [0, 0.1) is 0 Å². The second-order valence-corrected chi connectivity index (χ2v) is 6.00. The fraction of sp³-hybridized carbons (Fsp3) is 0. The summed E-state index contributed by atoms with van der Waals surface area (Å²) in [6.45, 7) is 0. The summed E-state index contributed by atoms with van der Waals surface area (Å²) in [6.07, 6.45) is 0. The molecule has 1 aromatic carbocycles. The number of rotatable bonds is 2. The minimum Gasteiger partial charge on any atom is -0.320 e. The number of hydrogen-bond donors (Lipinski definition) is 2. The topological polar surface area (TPSA) is 29.1 Å². The van der Waals surface area contributed by atoms with E-state index in [1.807, 2.05) is 6.07 Å². The Labute approximate surface area is 122 Å². The van der Waals surface area contributed by atoms with Crippen LogP contribution < -0.4 is 5.32 Å². The Balaban J connectivity index is 2.21. The average molecular weight is 349 g/mol. The number of nitrogens with one attached hydrogen (secondary N) is 1. The molecule has 0 atom stereocenters. The third-order valence-corrected chi connectivity index (χ3v) is 4.17. The fourth-order valence-corrected chi connectivity index (χ4v) is 2.79. The van der Waals surface area contributed by atoms with Gasteiger partial charge in [0.2, 0.25) is 0 Å². The molecule has 0 fully saturated rings. The van der Waals surface area contributed by atoms with Crippen molar-refractivity contribution in [2.45, 2.75) is 4.90 Å². The third-order valence-electron chi connectivity index (χ3n) is 1.99. The molecule has 1 aromatic heterocycles. The number of benzene rings is 1. The maximum atomic E-state index is 11.9. The Morgan fingerprint density at radius 2 is 2.18 bits per heavy atom. The molecule has 17 heavy (non-hydrogen) atoms. The van der Waals surface area contributed by atoms with E-state index in [1.165, 1.54) is 11.3 Å². The van der Waals surface area contributed by atoms with Gasteiger partial charge in [-0.05, 0) is 24.3 Å². The van der Waals surface area contributed by atoms with Crippen LogP contribution in [0.15, 0.2) is 39.0 Å². The van der Waals surface area contributed by atoms with E-state index in [-0.39, 0.29) is 5.91 Å². The lowest BCUT2D eigenvalue weighted by atomic mass is 10.3. The molecular formula is C11H7BrClNOS2. The maximum absolute atomic E-state index is 11.9. The normalized spacial score (nSPS) is 10.3. The van der Waals surface area contributed by atoms with Crippen molar-refractivity contribution < 1.29 is 4.79 Å². The summed E-state index contributed by atoms with van der Waals surface area (Å²) in [5.74, 6) is -0.185. The average Bonchev–Trinajstić information content (AvgIpc) is 2.70. The molecule has 0 saturated heterocycles. The van der Waals surface area contributed by atoms with Gasteiger partial charge in [-0.15, -0.1) is 24.0 Å². The van der Waals surface area contributed by atoms with Gasteiger partial charge >= 0.3 is 0 Å². The van der Waals surface area contributed by atoms with Crippen LogP contribution in [0.5, 0.6) is 0 Å². The van der Waals surface area contributed by atoms with Gasteiger partial charge < -0.3 is 5.32 Å². The third kappa shape index (κ3) is 3.25. The lowest BCUT2D eigenvalue weighted by Gasteiger charge is -2.06. The van der Waals surface area contributed by atoms with Crippen molar-refractivity contribution in [2.24, 2.45) is 0 Å². The van der Waals surface area contributed by atoms with E-state index >= 15 is 0 Å². The Bertz CT molecular complexity index is 570. The standard InChI is InChI=1S/C11H7BrClNOS2/c12-6-1-2-8(13)9(3-6)14-11(15)10-4-7(16)5-17-10/h1-5,16H,(H,14,15). The molecule has 0 spiro atoms. The second kappa shape index (κ2) is 5.44. The lowest BCUT2D eigenvalue weighted by Crippen LogP contribution is -2.10. The smallest absolute Gasteiger partial charge is 0.265 e. The number of carbonyl (C=O) groups is 1. The predicted octanol–water partition coefficient (Wildman–Crippen LogP) is 4.71. The van der Waals surface area contributed by atoms with Crippen LogP contribution in [-0.4, -0.2) is 5.91 Å². The van der Waals surface area contributed by atoms with E-state index in [4.69, 9.17) is 11.6 Å². The highest BCUT2D eigenvalue weighted by molar-refractivity contribution is 9.10. The molecule has 0 aliphatic heterocycles. The molecule has 1 heterocycles. The summed E-state index contributed by atoms with van der Waals surface area (Å²) in [7, 11) is 0. The number of carbonyl (C=O) groups excluding carboxylic acids is 1. The van der Waals surface area contributed by atoms with Crippen LogP contribution in [0.3, 0.4) is 0 Å². The van der Waals surface area contributed by atoms with Gasteiger partial charge in [-0.3, -0.25) is 4.79 Å². The minimum atomic E-state index is -0.185. The highest BCUT2D eigenvalue weighted by Crippen LogP contribution is 2.27. The largest absolute Gasteiger partial charge is 0.320 e. The summed E-state index contributed by atoms with van der Waals surface area (Å²) >= 11 is 14.8. The summed E-state index contributed by atoms with van der Waals surface area (Å²) in [6, 6.07) is 7.01. The van der Waals surface area contributed by atoms with Gasteiger partial charge in [0.25, 0.3) is 5.91 Å². The van der Waals surface area contributed by atoms with E-state index < -0.39 is 0 Å². The van der Waals surface area contributed by atoms with Crippen LogP contribution in [0.1, 0.15) is 9.67 Å². The molecule has 0 aliphatic carbocycles. The number of anilines is 1. The number of thiophene rings is 1. The first-order chi connectivity index (χ1) is 8.06. The van der Waals surface area contributed by atoms with Crippen LogP contribution in [-0.2, 0) is 0 Å². The molecule has 2 aromatic rings. The molecule has 2 rings (SSSR count). The second-order valence-electron chi connectivity index (χ2n) is 3.25. The zero-order valence-electron chi connectivity index (χ0n) is 8.41. The van der Waals surface area contributed by atoms with E-state index in [2.05, 4.69) is 33.9 Å². The first-order valence-electron chi connectivity index (χ1n) is 4.60. The van der Waals surface area contributed by atoms with Crippen LogP contribution in [0.25, 0.3) is 0 Å². The van der Waals surface area contributed by atoms with Crippen molar-refractivity contribution in [3.8, 4) is 0 Å². The molecule has 1 N–H and O–H groups in total. The molecule has 0 bridgehead atoms. The van der Waals surface area contributed by atoms with E-state index in [0.717, 1.165) is 9.37 Å². The molecule has 6 heteroatoms. The Morgan fingerprint density at radius 3 is 2.82 bits per heavy atom. The van der Waals surface area contributed by atoms with Gasteiger partial charge in [-0.1, -0.05) is 27.5 Å². The van der Waals surface area contributed by atoms with E-state index in [9.17, 15) is 4.79 Å². The zero-order valence-corrected chi connectivity index (χ0v) is 12.5. The van der Waals surface area contributed by atoms with Crippen LogP contribution in [0.2, 0.25) is 5.02 Å². The van der Waals surface area contributed by atoms with Crippen molar-refractivity contribution in [1.82, 2.24) is 0 Å². The molecule has 1 amide bonds. The molecule has 88 valence electrons. The summed E-state index contributed by atoms with van der Waals surface area (Å²) in [5, 5.41) is 5.07. The van der Waals surface area contributed by atoms with Gasteiger partial charge in [-0.2, -0.15) is 0 Å². The van der Waals surface area contributed by atoms with Gasteiger partial charge in [0.05, 0.1) is 15.6 Å². The lowest BCUT2D eigenvalue weighted by molar-refractivity contribution is 0.103. The highest BCUT2D eigenvalue weighted by atomic mass is 79.9. The molecule has 0 unspecified atom stereocenters. The van der Waals surface area contributed by atoms with Crippen molar-refractivity contribution >= 4 is 63.1 Å². The summed E-state index contributed by atoms with van der Waals surface area (Å²) in [5.41, 5.74) is 0.583. The zero-order chi connectivity index (χ0) is 12.4. The summed E-state index contributed by atoms with van der Waals surface area (Å²) in [4.78, 5) is 13.3. The first kappa shape index (κ1) is 13.0. The number of hydrogen-bond acceptors (Lipinski definition) is 3. The van der Waals surface area contributed by atoms with Crippen LogP contribution in [0.4, 0.5) is 5.69 Å². The van der Waals surface area contributed by atoms with E-state index in [1.54, 1.807) is 23.6 Å². The fourth-order valence-electron chi connectivity index (χ4n) is 1.22. The Kier molecular flexibility index (Phi) is 4.14. The molecule has 0 aliphatic rings. The molecular weight excluding hydrogens is 342 g/mol. The number of halogens is 2. The molecule has 0 radical (unpaired) electrons. The summed E-state index contributed by atoms with van der Waals surface area (Å²) < 4.78 is 0.860. The molecule has 0 saturated carbocycles. The Hall–Kier alpha value is -0.490. The Morgan fingerprint density at radius 1 is 1.41 bits per heavy atom. The van der Waals surface area contributed by atoms with Crippen molar-refractivity contribution in [1.29, 1.82) is 0 Å². The van der Waals surface area contributed by atoms with Gasteiger partial charge in [0.15, 0.2) is 0 Å². The van der Waals surface area contributed by atoms with Gasteiger partial charge in [0, 0.05) is 14.7 Å². The molecule has 2 nitrogen and oxygen atoms in total. The van der Waals surface area contributed by atoms with Crippen molar-refractivity contribution in [3.05, 3.63) is 44.0 Å². The first-order valence-corrected chi connectivity index (χ1v) is 7.10. The number of thiol groups is 1. The predicted molar refractivity (Wildman–Crippen MR) is 78.7 cm³/mol. The minimum absolute atomic E-state index is 0.185. The monoisotopic (exact) mass is 347 g/mol. The SMILES string of the molecule is O=C(Nc1cc(Br)ccc1Cl)c1cc(S)cs1. The highest BCUT2D eigenvalue weighted by Gasteiger charge is 2.10. The maximum Gasteiger partial charge on any atom is 0.265 e. The quantitative estimate of drug-likeness (QED) is 0.756. The number of amides is 1. The van der Waals surface area contributed by atoms with Crippen molar-refractivity contribution in [2.75, 3.05) is 5.32 Å². The van der Waals surface area contributed by atoms with Gasteiger partial charge in [0.1, 0.15) is 0 Å². The van der Waals surface area contributed by atoms with Crippen molar-refractivity contribution in [3.63, 3.8) is 0 Å². The van der Waals surface area contributed by atoms with Gasteiger partial charge in [-0.25, -0.2) is 0 Å². The van der Waals surface area contributed by atoms with E-state index in [0.29, 0.717) is 15.6 Å². The van der Waals surface area contributed by atoms with Crippen LogP contribution >= 0.6 is 51.5 Å².